The molecule has 2 aliphatic heterocycles. The molecule has 0 amide bonds. The van der Waals surface area contributed by atoms with Crippen molar-refractivity contribution in [1.29, 1.82) is 0 Å². The van der Waals surface area contributed by atoms with Crippen molar-refractivity contribution in [2.75, 3.05) is 26.2 Å². The number of morpholine rings is 1. The Morgan fingerprint density at radius 3 is 2.59 bits per heavy atom. The van der Waals surface area contributed by atoms with Crippen LogP contribution < -0.4 is 4.74 Å². The Hall–Kier alpha value is -3.03. The third-order valence-corrected chi connectivity index (χ3v) is 5.48. The van der Waals surface area contributed by atoms with E-state index in [0.29, 0.717) is 37.7 Å². The maximum Gasteiger partial charge on any atom is 0.324 e. The summed E-state index contributed by atoms with van der Waals surface area (Å²) in [6.07, 6.45) is 2.08. The van der Waals surface area contributed by atoms with Gasteiger partial charge in [-0.05, 0) is 44.0 Å². The summed E-state index contributed by atoms with van der Waals surface area (Å²) in [7, 11) is 0. The first-order valence-corrected chi connectivity index (χ1v) is 11.7. The third kappa shape index (κ3) is 7.23. The lowest BCUT2D eigenvalue weighted by Gasteiger charge is -2.33. The van der Waals surface area contributed by atoms with Gasteiger partial charge in [0.1, 0.15) is 11.4 Å². The van der Waals surface area contributed by atoms with Gasteiger partial charge in [0.15, 0.2) is 6.26 Å². The van der Waals surface area contributed by atoms with E-state index in [1.807, 2.05) is 75.4 Å². The van der Waals surface area contributed by atoms with Gasteiger partial charge in [0.2, 0.25) is 6.29 Å². The summed E-state index contributed by atoms with van der Waals surface area (Å²) >= 11 is 0. The number of esters is 1. The van der Waals surface area contributed by atoms with Crippen LogP contribution >= 0.6 is 0 Å². The molecule has 2 aromatic rings. The van der Waals surface area contributed by atoms with Crippen LogP contribution in [0, 0.1) is 0 Å². The van der Waals surface area contributed by atoms with E-state index in [0.717, 1.165) is 24.2 Å². The molecule has 0 radical (unpaired) electrons. The Bertz CT molecular complexity index is 967. The molecule has 1 saturated heterocycles. The molecule has 34 heavy (non-hydrogen) atoms. The van der Waals surface area contributed by atoms with Gasteiger partial charge in [-0.1, -0.05) is 42.5 Å². The molecule has 2 aromatic carbocycles. The predicted octanol–water partition coefficient (Wildman–Crippen LogP) is 4.59. The first-order valence-electron chi connectivity index (χ1n) is 11.7. The highest BCUT2D eigenvalue weighted by Gasteiger charge is 2.25. The zero-order chi connectivity index (χ0) is 24.0. The van der Waals surface area contributed by atoms with Crippen molar-refractivity contribution in [3.05, 3.63) is 77.9 Å². The van der Waals surface area contributed by atoms with Crippen molar-refractivity contribution < 1.29 is 28.5 Å². The van der Waals surface area contributed by atoms with E-state index in [-0.39, 0.29) is 18.4 Å². The number of benzene rings is 2. The van der Waals surface area contributed by atoms with Gasteiger partial charge in [0.25, 0.3) is 0 Å². The van der Waals surface area contributed by atoms with E-state index >= 15 is 0 Å². The lowest BCUT2D eigenvalue weighted by atomic mass is 10.1. The van der Waals surface area contributed by atoms with Crippen LogP contribution in [0.1, 0.15) is 44.4 Å². The number of carbonyl (C=O) groups excluding carboxylic acids is 1. The molecule has 0 aliphatic carbocycles. The maximum atomic E-state index is 12.0. The molecule has 4 rings (SSSR count). The second-order valence-corrected chi connectivity index (χ2v) is 9.48. The standard InChI is InChI=1S/C27H33NO6/c1-27(2,3)34-24(29)13-14-28-15-16-30-23(18-28)21-9-11-22(12-10-21)32-26-19-31-25(33-26)17-20-7-5-4-6-8-20/h4-12,19,23,25H,13-18H2,1-3H3. The van der Waals surface area contributed by atoms with Crippen LogP contribution in [0.15, 0.2) is 66.8 Å². The van der Waals surface area contributed by atoms with Gasteiger partial charge in [-0.2, -0.15) is 0 Å². The normalized spacial score (nSPS) is 20.7. The molecule has 7 heteroatoms. The van der Waals surface area contributed by atoms with Crippen molar-refractivity contribution in [3.63, 3.8) is 0 Å². The highest BCUT2D eigenvalue weighted by Crippen LogP contribution is 2.27. The topological polar surface area (TPSA) is 66.5 Å². The number of nitrogens with zero attached hydrogens (tertiary/aromatic N) is 1. The average molecular weight is 468 g/mol. The Morgan fingerprint density at radius 2 is 1.85 bits per heavy atom. The van der Waals surface area contributed by atoms with Crippen LogP contribution in [0.3, 0.4) is 0 Å². The number of hydrogen-bond donors (Lipinski definition) is 0. The molecule has 0 saturated carbocycles. The summed E-state index contributed by atoms with van der Waals surface area (Å²) in [6, 6.07) is 17.8. The van der Waals surface area contributed by atoms with Gasteiger partial charge in [-0.15, -0.1) is 0 Å². The van der Waals surface area contributed by atoms with Gasteiger partial charge < -0.3 is 23.7 Å². The summed E-state index contributed by atoms with van der Waals surface area (Å²) in [4.78, 5) is 14.3. The van der Waals surface area contributed by atoms with Gasteiger partial charge in [0.05, 0.1) is 19.1 Å². The van der Waals surface area contributed by atoms with E-state index in [1.54, 1.807) is 0 Å². The molecule has 1 fully saturated rings. The summed E-state index contributed by atoms with van der Waals surface area (Å²) < 4.78 is 28.5. The number of rotatable bonds is 8. The first kappa shape index (κ1) is 24.1. The lowest BCUT2D eigenvalue weighted by molar-refractivity contribution is -0.155. The molecule has 2 heterocycles. The van der Waals surface area contributed by atoms with E-state index < -0.39 is 5.60 Å². The minimum atomic E-state index is -0.455. The molecule has 182 valence electrons. The van der Waals surface area contributed by atoms with Crippen molar-refractivity contribution >= 4 is 5.97 Å². The SMILES string of the molecule is CC(C)(C)OC(=O)CCN1CCOC(c2ccc(OC3=COC(Cc4ccccc4)O3)cc2)C1. The van der Waals surface area contributed by atoms with E-state index in [9.17, 15) is 4.79 Å². The lowest BCUT2D eigenvalue weighted by Crippen LogP contribution is -2.39. The smallest absolute Gasteiger partial charge is 0.324 e. The molecular weight excluding hydrogens is 434 g/mol. The van der Waals surface area contributed by atoms with Gasteiger partial charge in [0, 0.05) is 26.1 Å². The molecular formula is C27H33NO6. The number of carbonyl (C=O) groups is 1. The summed E-state index contributed by atoms with van der Waals surface area (Å²) in [5.41, 5.74) is 1.75. The van der Waals surface area contributed by atoms with Crippen molar-refractivity contribution in [2.45, 2.75) is 51.6 Å². The fourth-order valence-corrected chi connectivity index (χ4v) is 3.88. The summed E-state index contributed by atoms with van der Waals surface area (Å²) in [6.45, 7) is 8.46. The van der Waals surface area contributed by atoms with E-state index in [1.165, 1.54) is 6.26 Å². The molecule has 2 unspecified atom stereocenters. The zero-order valence-corrected chi connectivity index (χ0v) is 20.1. The molecule has 2 atom stereocenters. The fourth-order valence-electron chi connectivity index (χ4n) is 3.88. The van der Waals surface area contributed by atoms with E-state index in [4.69, 9.17) is 23.7 Å². The minimum absolute atomic E-state index is 0.0537. The van der Waals surface area contributed by atoms with Gasteiger partial charge >= 0.3 is 11.9 Å². The Balaban J connectivity index is 1.23. The van der Waals surface area contributed by atoms with Crippen LogP contribution in [0.5, 0.6) is 5.75 Å². The third-order valence-electron chi connectivity index (χ3n) is 5.48. The first-order chi connectivity index (χ1) is 16.3. The van der Waals surface area contributed by atoms with Gasteiger partial charge in [-0.25, -0.2) is 0 Å². The molecule has 0 bridgehead atoms. The maximum absolute atomic E-state index is 12.0. The van der Waals surface area contributed by atoms with Crippen LogP contribution in [-0.4, -0.2) is 49.0 Å². The molecule has 7 nitrogen and oxygen atoms in total. The second-order valence-electron chi connectivity index (χ2n) is 9.48. The monoisotopic (exact) mass is 467 g/mol. The highest BCUT2D eigenvalue weighted by molar-refractivity contribution is 5.70. The largest absolute Gasteiger partial charge is 0.460 e. The minimum Gasteiger partial charge on any atom is -0.460 e. The highest BCUT2D eigenvalue weighted by atomic mass is 16.8. The molecule has 0 N–H and O–H groups in total. The fraction of sp³-hybridized carbons (Fsp3) is 0.444. The van der Waals surface area contributed by atoms with Crippen LogP contribution in [0.25, 0.3) is 0 Å². The number of hydrogen-bond acceptors (Lipinski definition) is 7. The average Bonchev–Trinajstić information content (AvgIpc) is 3.24. The summed E-state index contributed by atoms with van der Waals surface area (Å²) in [5, 5.41) is 0. The second kappa shape index (κ2) is 10.9. The Kier molecular flexibility index (Phi) is 7.75. The van der Waals surface area contributed by atoms with Crippen LogP contribution in [0.2, 0.25) is 0 Å². The number of ether oxygens (including phenoxy) is 5. The van der Waals surface area contributed by atoms with Crippen molar-refractivity contribution in [1.82, 2.24) is 4.90 Å². The zero-order valence-electron chi connectivity index (χ0n) is 20.1. The molecule has 2 aliphatic rings. The Labute approximate surface area is 201 Å². The van der Waals surface area contributed by atoms with Crippen LogP contribution in [0.4, 0.5) is 0 Å². The van der Waals surface area contributed by atoms with Crippen molar-refractivity contribution in [2.24, 2.45) is 0 Å². The molecule has 0 spiro atoms. The predicted molar refractivity (Wildman–Crippen MR) is 127 cm³/mol. The van der Waals surface area contributed by atoms with Crippen molar-refractivity contribution in [3.8, 4) is 5.75 Å². The molecule has 0 aromatic heterocycles. The Morgan fingerprint density at radius 1 is 1.09 bits per heavy atom. The summed E-state index contributed by atoms with van der Waals surface area (Å²) in [5.74, 6) is 0.836. The van der Waals surface area contributed by atoms with Crippen LogP contribution in [-0.2, 0) is 30.2 Å². The quantitative estimate of drug-likeness (QED) is 0.526. The van der Waals surface area contributed by atoms with Gasteiger partial charge in [-0.3, -0.25) is 9.69 Å². The van der Waals surface area contributed by atoms with E-state index in [2.05, 4.69) is 4.90 Å².